The van der Waals surface area contributed by atoms with Crippen LogP contribution in [0.1, 0.15) is 50.6 Å². The number of amides is 1. The number of nitrogens with two attached hydrogens (primary N) is 1. The van der Waals surface area contributed by atoms with Gasteiger partial charge >= 0.3 is 0 Å². The minimum atomic E-state index is -0.442. The van der Waals surface area contributed by atoms with Gasteiger partial charge in [0.2, 0.25) is 5.91 Å². The molecule has 3 unspecified atom stereocenters. The lowest BCUT2D eigenvalue weighted by molar-refractivity contribution is -0.128. The number of halogens is 2. The average Bonchev–Trinajstić information content (AvgIpc) is 2.49. The Morgan fingerprint density at radius 1 is 1.35 bits per heavy atom. The van der Waals surface area contributed by atoms with Crippen LogP contribution in [0.5, 0.6) is 0 Å². The van der Waals surface area contributed by atoms with Crippen LogP contribution in [0.4, 0.5) is 4.39 Å². The van der Waals surface area contributed by atoms with Crippen LogP contribution >= 0.6 is 11.6 Å². The topological polar surface area (TPSA) is 55.1 Å². The average molecular weight is 339 g/mol. The maximum Gasteiger partial charge on any atom is 0.223 e. The molecule has 0 spiro atoms. The zero-order valence-corrected chi connectivity index (χ0v) is 14.2. The van der Waals surface area contributed by atoms with Crippen molar-refractivity contribution >= 4 is 17.5 Å². The van der Waals surface area contributed by atoms with Gasteiger partial charge in [0.25, 0.3) is 0 Å². The summed E-state index contributed by atoms with van der Waals surface area (Å²) in [6, 6.07) is 4.66. The summed E-state index contributed by atoms with van der Waals surface area (Å²) in [5.41, 5.74) is 7.10. The molecule has 3 nitrogen and oxygen atoms in total. The lowest BCUT2D eigenvalue weighted by atomic mass is 9.65. The van der Waals surface area contributed by atoms with Crippen LogP contribution in [-0.4, -0.2) is 11.9 Å². The molecule has 1 aromatic rings. The van der Waals surface area contributed by atoms with Gasteiger partial charge in [0.05, 0.1) is 11.1 Å². The SMILES string of the molecule is CC(NC(=O)C1CC2CCCC(C1)C2N)c1ccc(F)c(Cl)c1. The van der Waals surface area contributed by atoms with Crippen LogP contribution in [0.15, 0.2) is 18.2 Å². The first-order chi connectivity index (χ1) is 11.0. The van der Waals surface area contributed by atoms with Gasteiger partial charge in [-0.25, -0.2) is 4.39 Å². The van der Waals surface area contributed by atoms with E-state index >= 15 is 0 Å². The van der Waals surface area contributed by atoms with Crippen LogP contribution in [0.3, 0.4) is 0 Å². The smallest absolute Gasteiger partial charge is 0.223 e. The summed E-state index contributed by atoms with van der Waals surface area (Å²) >= 11 is 5.82. The lowest BCUT2D eigenvalue weighted by Crippen LogP contribution is -2.49. The highest BCUT2D eigenvalue weighted by Crippen LogP contribution is 2.42. The molecule has 2 aliphatic carbocycles. The minimum Gasteiger partial charge on any atom is -0.349 e. The van der Waals surface area contributed by atoms with Crippen molar-refractivity contribution in [3.63, 3.8) is 0 Å². The van der Waals surface area contributed by atoms with Crippen molar-refractivity contribution in [2.45, 2.75) is 51.1 Å². The zero-order chi connectivity index (χ0) is 16.6. The summed E-state index contributed by atoms with van der Waals surface area (Å²) in [5, 5.41) is 3.14. The van der Waals surface area contributed by atoms with E-state index in [0.29, 0.717) is 11.8 Å². The molecule has 2 fully saturated rings. The summed E-state index contributed by atoms with van der Waals surface area (Å²) in [5.74, 6) is 0.649. The Kier molecular flexibility index (Phi) is 4.93. The quantitative estimate of drug-likeness (QED) is 0.880. The number of rotatable bonds is 3. The molecule has 23 heavy (non-hydrogen) atoms. The molecule has 2 bridgehead atoms. The van der Waals surface area contributed by atoms with E-state index < -0.39 is 5.82 Å². The molecule has 1 aromatic carbocycles. The van der Waals surface area contributed by atoms with Crippen molar-refractivity contribution in [1.29, 1.82) is 0 Å². The van der Waals surface area contributed by atoms with Crippen molar-refractivity contribution in [3.05, 3.63) is 34.6 Å². The Labute approximate surface area is 141 Å². The molecular weight excluding hydrogens is 315 g/mol. The molecule has 3 atom stereocenters. The molecule has 0 saturated heterocycles. The molecule has 1 amide bonds. The molecule has 126 valence electrons. The largest absolute Gasteiger partial charge is 0.349 e. The highest BCUT2D eigenvalue weighted by molar-refractivity contribution is 6.30. The third kappa shape index (κ3) is 3.53. The Balaban J connectivity index is 1.63. The van der Waals surface area contributed by atoms with Crippen LogP contribution < -0.4 is 11.1 Å². The van der Waals surface area contributed by atoms with Gasteiger partial charge in [-0.15, -0.1) is 0 Å². The zero-order valence-electron chi connectivity index (χ0n) is 13.4. The molecule has 5 heteroatoms. The van der Waals surface area contributed by atoms with Gasteiger partial charge in [-0.2, -0.15) is 0 Å². The molecule has 3 rings (SSSR count). The number of hydrogen-bond donors (Lipinski definition) is 2. The monoisotopic (exact) mass is 338 g/mol. The summed E-state index contributed by atoms with van der Waals surface area (Å²) in [6.07, 6.45) is 5.30. The fraction of sp³-hybridized carbons (Fsp3) is 0.611. The van der Waals surface area contributed by atoms with Crippen LogP contribution in [0.25, 0.3) is 0 Å². The summed E-state index contributed by atoms with van der Waals surface area (Å²) < 4.78 is 13.3. The predicted octanol–water partition coefficient (Wildman–Crippen LogP) is 3.81. The third-order valence-electron chi connectivity index (χ3n) is 5.59. The summed E-state index contributed by atoms with van der Waals surface area (Å²) in [4.78, 5) is 12.6. The third-order valence-corrected chi connectivity index (χ3v) is 5.88. The van der Waals surface area contributed by atoms with Crippen molar-refractivity contribution in [3.8, 4) is 0 Å². The van der Waals surface area contributed by atoms with E-state index in [9.17, 15) is 9.18 Å². The first-order valence-electron chi connectivity index (χ1n) is 8.46. The maximum absolute atomic E-state index is 13.3. The summed E-state index contributed by atoms with van der Waals surface area (Å²) in [7, 11) is 0. The number of carbonyl (C=O) groups is 1. The second-order valence-corrected chi connectivity index (χ2v) is 7.51. The number of benzene rings is 1. The normalized spacial score (nSPS) is 31.5. The molecule has 3 N–H and O–H groups in total. The number of nitrogens with one attached hydrogen (secondary N) is 1. The molecule has 0 aromatic heterocycles. The van der Waals surface area contributed by atoms with Crippen molar-refractivity contribution in [1.82, 2.24) is 5.32 Å². The van der Waals surface area contributed by atoms with Gasteiger partial charge < -0.3 is 11.1 Å². The Hall–Kier alpha value is -1.13. The van der Waals surface area contributed by atoms with Gasteiger partial charge in [-0.1, -0.05) is 24.1 Å². The Morgan fingerprint density at radius 3 is 2.61 bits per heavy atom. The first kappa shape index (κ1) is 16.7. The number of fused-ring (bicyclic) bond motifs is 2. The second kappa shape index (κ2) is 6.78. The van der Waals surface area contributed by atoms with E-state index in [4.69, 9.17) is 17.3 Å². The molecule has 2 aliphatic rings. The lowest BCUT2D eigenvalue weighted by Gasteiger charge is -2.43. The van der Waals surface area contributed by atoms with E-state index in [-0.39, 0.29) is 28.9 Å². The highest BCUT2D eigenvalue weighted by atomic mass is 35.5. The van der Waals surface area contributed by atoms with Crippen LogP contribution in [0.2, 0.25) is 5.02 Å². The van der Waals surface area contributed by atoms with E-state index in [1.165, 1.54) is 12.5 Å². The molecule has 0 heterocycles. The van der Waals surface area contributed by atoms with Gasteiger partial charge in [0.1, 0.15) is 5.82 Å². The molecular formula is C18H24ClFN2O. The molecule has 0 aliphatic heterocycles. The van der Waals surface area contributed by atoms with Crippen LogP contribution in [-0.2, 0) is 4.79 Å². The van der Waals surface area contributed by atoms with E-state index in [2.05, 4.69) is 5.32 Å². The van der Waals surface area contributed by atoms with Gasteiger partial charge in [-0.05, 0) is 62.1 Å². The van der Waals surface area contributed by atoms with E-state index in [1.807, 2.05) is 6.92 Å². The molecule has 0 radical (unpaired) electrons. The van der Waals surface area contributed by atoms with Crippen molar-refractivity contribution in [2.24, 2.45) is 23.5 Å². The highest BCUT2D eigenvalue weighted by Gasteiger charge is 2.40. The standard InChI is InChI=1S/C18H24ClFN2O/c1-10(11-5-6-16(20)15(19)9-11)22-18(23)14-7-12-3-2-4-13(8-14)17(12)21/h5-6,9-10,12-14,17H,2-4,7-8,21H2,1H3,(H,22,23). The van der Waals surface area contributed by atoms with E-state index in [1.54, 1.807) is 12.1 Å². The fourth-order valence-electron chi connectivity index (χ4n) is 4.20. The summed E-state index contributed by atoms with van der Waals surface area (Å²) in [6.45, 7) is 1.90. The number of hydrogen-bond acceptors (Lipinski definition) is 2. The molecule has 2 saturated carbocycles. The Morgan fingerprint density at radius 2 is 2.00 bits per heavy atom. The minimum absolute atomic E-state index is 0.0449. The van der Waals surface area contributed by atoms with Crippen molar-refractivity contribution < 1.29 is 9.18 Å². The van der Waals surface area contributed by atoms with Crippen molar-refractivity contribution in [2.75, 3.05) is 0 Å². The van der Waals surface area contributed by atoms with Crippen LogP contribution in [0, 0.1) is 23.6 Å². The van der Waals surface area contributed by atoms with Gasteiger partial charge in [0, 0.05) is 12.0 Å². The van der Waals surface area contributed by atoms with E-state index in [0.717, 1.165) is 31.2 Å². The van der Waals surface area contributed by atoms with Gasteiger partial charge in [0.15, 0.2) is 0 Å². The maximum atomic E-state index is 13.3. The fourth-order valence-corrected chi connectivity index (χ4v) is 4.39. The Bertz CT molecular complexity index is 580. The second-order valence-electron chi connectivity index (χ2n) is 7.10. The number of carbonyl (C=O) groups excluding carboxylic acids is 1. The van der Waals surface area contributed by atoms with Gasteiger partial charge in [-0.3, -0.25) is 4.79 Å². The first-order valence-corrected chi connectivity index (χ1v) is 8.84. The predicted molar refractivity (Wildman–Crippen MR) is 89.5 cm³/mol.